The number of halogens is 3. The van der Waals surface area contributed by atoms with Crippen molar-refractivity contribution in [2.45, 2.75) is 12.1 Å². The number of benzene rings is 1. The maximum atomic E-state index is 10.7. The number of hydrogen-bond acceptors (Lipinski definition) is 2. The Morgan fingerprint density at radius 1 is 1.11 bits per heavy atom. The normalized spacial score (nSPS) is 12.6. The van der Waals surface area contributed by atoms with Crippen LogP contribution >= 0.6 is 0 Å². The van der Waals surface area contributed by atoms with Crippen LogP contribution in [0.2, 0.25) is 0 Å². The van der Waals surface area contributed by atoms with Crippen LogP contribution in [0.25, 0.3) is 0 Å². The van der Waals surface area contributed by atoms with Crippen LogP contribution in [0.3, 0.4) is 0 Å². The minimum Gasteiger partial charge on any atom is -0.327 e. The third-order valence-electron chi connectivity index (χ3n) is 1.79. The van der Waals surface area contributed by atoms with Gasteiger partial charge in [0.15, 0.2) is 0 Å². The molecule has 0 radical (unpaired) electrons. The zero-order valence-electron chi connectivity index (χ0n) is 10.8. The van der Waals surface area contributed by atoms with Crippen LogP contribution < -0.4 is 0 Å². The first-order valence-electron chi connectivity index (χ1n) is 5.21. The SMILES string of the molecule is C[N+](C)(C)Cc1ccccc1.O=S(=O)(O)C(F)(F)F. The molecule has 8 heteroatoms. The molecular weight excluding hydrogens is 283 g/mol. The first-order chi connectivity index (χ1) is 8.33. The standard InChI is InChI=1S/C10H16N.CHF3O3S/c1-11(2,3)9-10-7-5-4-6-8-10;2-1(3,4)8(5,6)7/h4-8H,9H2,1-3H3;(H,5,6,7)/q+1;. The van der Waals surface area contributed by atoms with Crippen molar-refractivity contribution >= 4 is 10.1 Å². The fourth-order valence-corrected chi connectivity index (χ4v) is 1.13. The molecule has 1 aromatic carbocycles. The fraction of sp³-hybridized carbons (Fsp3) is 0.455. The molecule has 0 saturated carbocycles. The molecule has 110 valence electrons. The second-order valence-electron chi connectivity index (χ2n) is 4.85. The third kappa shape index (κ3) is 8.57. The first kappa shape index (κ1) is 17.9. The van der Waals surface area contributed by atoms with Crippen LogP contribution in [-0.2, 0) is 16.7 Å². The van der Waals surface area contributed by atoms with Gasteiger partial charge in [0.2, 0.25) is 0 Å². The highest BCUT2D eigenvalue weighted by Crippen LogP contribution is 2.20. The van der Waals surface area contributed by atoms with Gasteiger partial charge in [-0.05, 0) is 0 Å². The van der Waals surface area contributed by atoms with E-state index in [2.05, 4.69) is 51.5 Å². The van der Waals surface area contributed by atoms with E-state index in [0.29, 0.717) is 0 Å². The van der Waals surface area contributed by atoms with Crippen molar-refractivity contribution in [3.63, 3.8) is 0 Å². The molecule has 1 N–H and O–H groups in total. The van der Waals surface area contributed by atoms with E-state index >= 15 is 0 Å². The van der Waals surface area contributed by atoms with Crippen molar-refractivity contribution < 1.29 is 30.6 Å². The minimum atomic E-state index is -5.84. The number of alkyl halides is 3. The lowest BCUT2D eigenvalue weighted by Gasteiger charge is -2.23. The first-order valence-corrected chi connectivity index (χ1v) is 6.65. The van der Waals surface area contributed by atoms with Crippen molar-refractivity contribution in [3.05, 3.63) is 35.9 Å². The Bertz CT molecular complexity index is 478. The van der Waals surface area contributed by atoms with Crippen LogP contribution in [-0.4, -0.2) is 44.1 Å². The van der Waals surface area contributed by atoms with Gasteiger partial charge in [-0.25, -0.2) is 0 Å². The van der Waals surface area contributed by atoms with E-state index in [1.807, 2.05) is 0 Å². The van der Waals surface area contributed by atoms with Crippen LogP contribution in [0.15, 0.2) is 30.3 Å². The summed E-state index contributed by atoms with van der Waals surface area (Å²) in [5, 5.41) is 0. The van der Waals surface area contributed by atoms with E-state index in [9.17, 15) is 13.2 Å². The molecule has 1 aromatic rings. The maximum absolute atomic E-state index is 10.7. The summed E-state index contributed by atoms with van der Waals surface area (Å²) >= 11 is 0. The summed E-state index contributed by atoms with van der Waals surface area (Å²) < 4.78 is 58.5. The van der Waals surface area contributed by atoms with Crippen LogP contribution in [0.1, 0.15) is 5.56 Å². The molecule has 0 spiro atoms. The van der Waals surface area contributed by atoms with Gasteiger partial charge in [0.25, 0.3) is 0 Å². The zero-order chi connectivity index (χ0) is 15.3. The molecule has 0 bridgehead atoms. The van der Waals surface area contributed by atoms with Gasteiger partial charge in [-0.15, -0.1) is 0 Å². The minimum absolute atomic E-state index is 0.990. The van der Waals surface area contributed by atoms with Gasteiger partial charge in [-0.2, -0.15) is 21.6 Å². The number of hydrogen-bond donors (Lipinski definition) is 1. The van der Waals surface area contributed by atoms with Crippen molar-refractivity contribution in [2.24, 2.45) is 0 Å². The highest BCUT2D eigenvalue weighted by molar-refractivity contribution is 7.86. The predicted molar refractivity (Wildman–Crippen MR) is 65.8 cm³/mol. The molecule has 0 fully saturated rings. The van der Waals surface area contributed by atoms with E-state index in [1.165, 1.54) is 5.56 Å². The third-order valence-corrected chi connectivity index (χ3v) is 2.38. The van der Waals surface area contributed by atoms with E-state index in [0.717, 1.165) is 11.0 Å². The van der Waals surface area contributed by atoms with E-state index in [-0.39, 0.29) is 0 Å². The van der Waals surface area contributed by atoms with E-state index in [1.54, 1.807) is 0 Å². The largest absolute Gasteiger partial charge is 0.522 e. The molecule has 0 amide bonds. The molecule has 0 atom stereocenters. The molecule has 0 aliphatic carbocycles. The smallest absolute Gasteiger partial charge is 0.327 e. The van der Waals surface area contributed by atoms with Gasteiger partial charge in [0, 0.05) is 5.56 Å². The molecule has 0 unspecified atom stereocenters. The van der Waals surface area contributed by atoms with Gasteiger partial charge in [0.1, 0.15) is 6.54 Å². The molecule has 0 aliphatic rings. The second kappa shape index (κ2) is 6.36. The molecule has 0 aliphatic heterocycles. The summed E-state index contributed by atoms with van der Waals surface area (Å²) in [5.41, 5.74) is -4.13. The Labute approximate surface area is 110 Å². The van der Waals surface area contributed by atoms with Gasteiger partial charge in [-0.3, -0.25) is 4.55 Å². The Balaban J connectivity index is 0.000000362. The van der Waals surface area contributed by atoms with Crippen molar-refractivity contribution in [1.82, 2.24) is 0 Å². The lowest BCUT2D eigenvalue weighted by molar-refractivity contribution is -0.884. The molecule has 0 heterocycles. The molecular formula is C11H17F3NO3S+. The van der Waals surface area contributed by atoms with Gasteiger partial charge in [-0.1, -0.05) is 30.3 Å². The Morgan fingerprint density at radius 3 is 1.74 bits per heavy atom. The summed E-state index contributed by atoms with van der Waals surface area (Å²) in [5.74, 6) is 0. The maximum Gasteiger partial charge on any atom is 0.522 e. The summed E-state index contributed by atoms with van der Waals surface area (Å²) in [6.45, 7) is 1.10. The molecule has 0 saturated heterocycles. The lowest BCUT2D eigenvalue weighted by Crippen LogP contribution is -2.33. The average molecular weight is 300 g/mol. The molecule has 4 nitrogen and oxygen atoms in total. The molecule has 1 rings (SSSR count). The van der Waals surface area contributed by atoms with Gasteiger partial charge < -0.3 is 4.48 Å². The average Bonchev–Trinajstić information content (AvgIpc) is 2.14. The molecule has 0 aromatic heterocycles. The van der Waals surface area contributed by atoms with Crippen molar-refractivity contribution in [2.75, 3.05) is 21.1 Å². The van der Waals surface area contributed by atoms with Crippen LogP contribution in [0.5, 0.6) is 0 Å². The van der Waals surface area contributed by atoms with E-state index in [4.69, 9.17) is 13.0 Å². The zero-order valence-corrected chi connectivity index (χ0v) is 11.7. The van der Waals surface area contributed by atoms with E-state index < -0.39 is 15.6 Å². The van der Waals surface area contributed by atoms with Crippen LogP contribution in [0, 0.1) is 0 Å². The summed E-state index contributed by atoms with van der Waals surface area (Å²) in [6.07, 6.45) is 0. The number of nitrogens with zero attached hydrogens (tertiary/aromatic N) is 1. The highest BCUT2D eigenvalue weighted by atomic mass is 32.2. The van der Waals surface area contributed by atoms with Gasteiger partial charge >= 0.3 is 15.6 Å². The topological polar surface area (TPSA) is 54.4 Å². The summed E-state index contributed by atoms with van der Waals surface area (Å²) in [4.78, 5) is 0. The monoisotopic (exact) mass is 300 g/mol. The Morgan fingerprint density at radius 2 is 1.47 bits per heavy atom. The number of quaternary nitrogens is 1. The predicted octanol–water partition coefficient (Wildman–Crippen LogP) is 2.29. The van der Waals surface area contributed by atoms with Crippen molar-refractivity contribution in [3.8, 4) is 0 Å². The Hall–Kier alpha value is -1.12. The molecule has 19 heavy (non-hydrogen) atoms. The summed E-state index contributed by atoms with van der Waals surface area (Å²) in [7, 11) is 0.764. The van der Waals surface area contributed by atoms with Gasteiger partial charge in [0.05, 0.1) is 21.1 Å². The summed E-state index contributed by atoms with van der Waals surface area (Å²) in [6, 6.07) is 10.6. The fourth-order valence-electron chi connectivity index (χ4n) is 1.13. The second-order valence-corrected chi connectivity index (χ2v) is 6.27. The number of rotatable bonds is 2. The highest BCUT2D eigenvalue weighted by Gasteiger charge is 2.44. The Kier molecular flexibility index (Phi) is 5.98. The van der Waals surface area contributed by atoms with Crippen LogP contribution in [0.4, 0.5) is 13.2 Å². The van der Waals surface area contributed by atoms with Crippen molar-refractivity contribution in [1.29, 1.82) is 0 Å². The quantitative estimate of drug-likeness (QED) is 0.518. The lowest BCUT2D eigenvalue weighted by atomic mass is 10.2.